The van der Waals surface area contributed by atoms with Crippen LogP contribution >= 0.6 is 0 Å². The molecule has 0 bridgehead atoms. The number of benzene rings is 2. The van der Waals surface area contributed by atoms with Crippen LogP contribution in [-0.4, -0.2) is 35.7 Å². The largest absolute Gasteiger partial charge is 0.497 e. The highest BCUT2D eigenvalue weighted by molar-refractivity contribution is 7.87. The molecule has 0 unspecified atom stereocenters. The number of hydrogen-bond donors (Lipinski definition) is 0. The van der Waals surface area contributed by atoms with Gasteiger partial charge >= 0.3 is 10.1 Å². The Hall–Kier alpha value is -2.94. The molecule has 0 aliphatic heterocycles. The quantitative estimate of drug-likeness (QED) is 0.652. The van der Waals surface area contributed by atoms with Crippen LogP contribution < -0.4 is 8.92 Å². The van der Waals surface area contributed by atoms with Gasteiger partial charge in [-0.1, -0.05) is 0 Å². The summed E-state index contributed by atoms with van der Waals surface area (Å²) in [6, 6.07) is 12.3. The van der Waals surface area contributed by atoms with Crippen molar-refractivity contribution in [3.05, 3.63) is 54.9 Å². The Kier molecular flexibility index (Phi) is 3.94. The smallest absolute Gasteiger partial charge is 0.339 e. The average molecular weight is 332 g/mol. The lowest BCUT2D eigenvalue weighted by atomic mass is 10.3. The first kappa shape index (κ1) is 15.0. The molecule has 2 aromatic carbocycles. The van der Waals surface area contributed by atoms with E-state index in [1.807, 2.05) is 0 Å². The zero-order valence-corrected chi connectivity index (χ0v) is 12.8. The molecule has 1 heterocycles. The lowest BCUT2D eigenvalue weighted by Gasteiger charge is -2.08. The van der Waals surface area contributed by atoms with E-state index in [0.717, 1.165) is 0 Å². The van der Waals surface area contributed by atoms with Gasteiger partial charge in [-0.15, -0.1) is 5.10 Å². The van der Waals surface area contributed by atoms with E-state index < -0.39 is 10.1 Å². The van der Waals surface area contributed by atoms with Crippen LogP contribution in [0.4, 0.5) is 0 Å². The zero-order valence-electron chi connectivity index (χ0n) is 12.0. The molecule has 1 aromatic heterocycles. The lowest BCUT2D eigenvalue weighted by Crippen LogP contribution is -2.09. The SMILES string of the molecule is COc1ccc(S(=O)(=O)Oc2ccc(-n3cnnn3)cc2)cc1. The van der Waals surface area contributed by atoms with E-state index in [9.17, 15) is 8.42 Å². The number of ether oxygens (including phenoxy) is 1. The lowest BCUT2D eigenvalue weighted by molar-refractivity contribution is 0.414. The number of hydrogen-bond acceptors (Lipinski definition) is 7. The third-order valence-electron chi connectivity index (χ3n) is 3.00. The molecular weight excluding hydrogens is 320 g/mol. The summed E-state index contributed by atoms with van der Waals surface area (Å²) in [5.41, 5.74) is 0.684. The highest BCUT2D eigenvalue weighted by Crippen LogP contribution is 2.21. The van der Waals surface area contributed by atoms with Crippen LogP contribution in [0.2, 0.25) is 0 Å². The maximum absolute atomic E-state index is 12.2. The fourth-order valence-electron chi connectivity index (χ4n) is 1.85. The van der Waals surface area contributed by atoms with Gasteiger partial charge in [-0.2, -0.15) is 8.42 Å². The summed E-state index contributed by atoms with van der Waals surface area (Å²) >= 11 is 0. The zero-order chi connectivity index (χ0) is 16.3. The minimum absolute atomic E-state index is 0.0443. The van der Waals surface area contributed by atoms with E-state index in [4.69, 9.17) is 8.92 Å². The van der Waals surface area contributed by atoms with E-state index in [2.05, 4.69) is 15.5 Å². The molecule has 0 spiro atoms. The Labute approximate surface area is 132 Å². The molecule has 0 aliphatic carbocycles. The van der Waals surface area contributed by atoms with Crippen LogP contribution in [0.15, 0.2) is 59.8 Å². The van der Waals surface area contributed by atoms with Gasteiger partial charge in [-0.25, -0.2) is 4.68 Å². The van der Waals surface area contributed by atoms with E-state index in [0.29, 0.717) is 11.4 Å². The summed E-state index contributed by atoms with van der Waals surface area (Å²) in [7, 11) is -2.40. The Bertz CT molecular complexity index is 876. The molecule has 0 fully saturated rings. The molecule has 9 heteroatoms. The highest BCUT2D eigenvalue weighted by atomic mass is 32.2. The van der Waals surface area contributed by atoms with Gasteiger partial charge in [0.25, 0.3) is 0 Å². The van der Waals surface area contributed by atoms with Gasteiger partial charge in [-0.05, 0) is 59.0 Å². The fraction of sp³-hybridized carbons (Fsp3) is 0.0714. The fourth-order valence-corrected chi connectivity index (χ4v) is 2.78. The normalized spacial score (nSPS) is 11.2. The second-order valence-electron chi connectivity index (χ2n) is 4.46. The summed E-state index contributed by atoms with van der Waals surface area (Å²) < 4.78 is 36.0. The monoisotopic (exact) mass is 332 g/mol. The molecule has 0 N–H and O–H groups in total. The Morgan fingerprint density at radius 3 is 2.17 bits per heavy atom. The molecule has 8 nitrogen and oxygen atoms in total. The summed E-state index contributed by atoms with van der Waals surface area (Å²) in [4.78, 5) is 0.0443. The number of rotatable bonds is 5. The van der Waals surface area contributed by atoms with Gasteiger partial charge in [-0.3, -0.25) is 0 Å². The van der Waals surface area contributed by atoms with Crippen molar-refractivity contribution in [1.29, 1.82) is 0 Å². The van der Waals surface area contributed by atoms with Crippen LogP contribution in [0.25, 0.3) is 5.69 Å². The van der Waals surface area contributed by atoms with Crippen molar-refractivity contribution in [1.82, 2.24) is 20.2 Å². The maximum Gasteiger partial charge on any atom is 0.339 e. The first-order chi connectivity index (χ1) is 11.1. The van der Waals surface area contributed by atoms with Crippen LogP contribution in [0.5, 0.6) is 11.5 Å². The second-order valence-corrected chi connectivity index (χ2v) is 6.01. The predicted molar refractivity (Wildman–Crippen MR) is 80.0 cm³/mol. The Morgan fingerprint density at radius 2 is 1.61 bits per heavy atom. The van der Waals surface area contributed by atoms with Crippen molar-refractivity contribution in [2.45, 2.75) is 4.90 Å². The second kappa shape index (κ2) is 6.05. The Balaban J connectivity index is 1.79. The number of tetrazole rings is 1. The van der Waals surface area contributed by atoms with Gasteiger partial charge in [0.05, 0.1) is 12.8 Å². The summed E-state index contributed by atoms with van der Waals surface area (Å²) in [6.45, 7) is 0. The predicted octanol–water partition coefficient (Wildman–Crippen LogP) is 1.44. The van der Waals surface area contributed by atoms with Crippen molar-refractivity contribution in [3.8, 4) is 17.2 Å². The van der Waals surface area contributed by atoms with E-state index >= 15 is 0 Å². The molecule has 0 radical (unpaired) electrons. The molecular formula is C14H12N4O4S. The summed E-state index contributed by atoms with van der Waals surface area (Å²) in [5.74, 6) is 0.757. The van der Waals surface area contributed by atoms with Gasteiger partial charge in [0.15, 0.2) is 0 Å². The molecule has 23 heavy (non-hydrogen) atoms. The van der Waals surface area contributed by atoms with E-state index in [1.54, 1.807) is 24.3 Å². The van der Waals surface area contributed by atoms with Gasteiger partial charge in [0.2, 0.25) is 0 Å². The molecule has 0 amide bonds. The van der Waals surface area contributed by atoms with Crippen LogP contribution in [-0.2, 0) is 10.1 Å². The van der Waals surface area contributed by atoms with E-state index in [-0.39, 0.29) is 10.6 Å². The number of methoxy groups -OCH3 is 1. The van der Waals surface area contributed by atoms with Crippen molar-refractivity contribution in [2.24, 2.45) is 0 Å². The molecule has 118 valence electrons. The van der Waals surface area contributed by atoms with Crippen molar-refractivity contribution >= 4 is 10.1 Å². The summed E-state index contributed by atoms with van der Waals surface area (Å²) in [6.07, 6.45) is 1.43. The maximum atomic E-state index is 12.2. The molecule has 0 saturated heterocycles. The third kappa shape index (κ3) is 3.29. The molecule has 3 rings (SSSR count). The molecule has 0 saturated carbocycles. The minimum Gasteiger partial charge on any atom is -0.497 e. The minimum atomic E-state index is -3.91. The Morgan fingerprint density at radius 1 is 0.957 bits per heavy atom. The van der Waals surface area contributed by atoms with Gasteiger partial charge in [0.1, 0.15) is 22.7 Å². The topological polar surface area (TPSA) is 96.2 Å². The highest BCUT2D eigenvalue weighted by Gasteiger charge is 2.16. The molecule has 0 aliphatic rings. The van der Waals surface area contributed by atoms with Crippen LogP contribution in [0, 0.1) is 0 Å². The van der Waals surface area contributed by atoms with Crippen molar-refractivity contribution in [3.63, 3.8) is 0 Å². The third-order valence-corrected chi connectivity index (χ3v) is 4.27. The van der Waals surface area contributed by atoms with Crippen LogP contribution in [0.1, 0.15) is 0 Å². The van der Waals surface area contributed by atoms with Crippen LogP contribution in [0.3, 0.4) is 0 Å². The van der Waals surface area contributed by atoms with Gasteiger partial charge < -0.3 is 8.92 Å². The average Bonchev–Trinajstić information content (AvgIpc) is 3.10. The first-order valence-corrected chi connectivity index (χ1v) is 7.91. The number of nitrogens with zero attached hydrogens (tertiary/aromatic N) is 4. The van der Waals surface area contributed by atoms with Gasteiger partial charge in [0, 0.05) is 0 Å². The number of aromatic nitrogens is 4. The van der Waals surface area contributed by atoms with Crippen molar-refractivity contribution in [2.75, 3.05) is 7.11 Å². The molecule has 3 aromatic rings. The summed E-state index contributed by atoms with van der Waals surface area (Å²) in [5, 5.41) is 10.8. The van der Waals surface area contributed by atoms with E-state index in [1.165, 1.54) is 42.4 Å². The first-order valence-electron chi connectivity index (χ1n) is 6.50. The molecule has 0 atom stereocenters. The standard InChI is InChI=1S/C14H12N4O4S/c1-21-12-6-8-14(9-7-12)23(19,20)22-13-4-2-11(3-5-13)18-10-15-16-17-18/h2-10H,1H3. The van der Waals surface area contributed by atoms with Crippen molar-refractivity contribution < 1.29 is 17.3 Å².